The molecule has 3 aliphatic carbocycles. The summed E-state index contributed by atoms with van der Waals surface area (Å²) in [5.74, 6) is 0.774. The van der Waals surface area contributed by atoms with Crippen LogP contribution >= 0.6 is 0 Å². The van der Waals surface area contributed by atoms with Gasteiger partial charge in [0, 0.05) is 17.9 Å². The molecule has 0 saturated heterocycles. The number of allylic oxidation sites excluding steroid dienone is 1. The van der Waals surface area contributed by atoms with Crippen LogP contribution in [0.5, 0.6) is 0 Å². The quantitative estimate of drug-likeness (QED) is 0.830. The molecule has 0 heterocycles. The van der Waals surface area contributed by atoms with Crippen LogP contribution in [-0.2, 0) is 4.79 Å². The van der Waals surface area contributed by atoms with Crippen molar-refractivity contribution >= 4 is 5.78 Å². The molecule has 0 aromatic heterocycles. The van der Waals surface area contributed by atoms with Gasteiger partial charge in [0.25, 0.3) is 0 Å². The molecular formula is C16H25NO2. The van der Waals surface area contributed by atoms with E-state index in [0.717, 1.165) is 32.1 Å². The van der Waals surface area contributed by atoms with Crippen molar-refractivity contribution in [2.75, 3.05) is 14.1 Å². The predicted molar refractivity (Wildman–Crippen MR) is 74.8 cm³/mol. The molecule has 2 saturated carbocycles. The number of hydrogen-bond donors (Lipinski definition) is 1. The fourth-order valence-electron chi connectivity index (χ4n) is 5.04. The van der Waals surface area contributed by atoms with Crippen LogP contribution in [0.2, 0.25) is 0 Å². The van der Waals surface area contributed by atoms with E-state index in [-0.39, 0.29) is 17.2 Å². The Morgan fingerprint density at radius 1 is 1.47 bits per heavy atom. The van der Waals surface area contributed by atoms with Crippen LogP contribution in [0.3, 0.4) is 0 Å². The summed E-state index contributed by atoms with van der Waals surface area (Å²) >= 11 is 0. The van der Waals surface area contributed by atoms with Crippen molar-refractivity contribution in [1.82, 2.24) is 4.90 Å². The van der Waals surface area contributed by atoms with Gasteiger partial charge < -0.3 is 5.11 Å². The highest BCUT2D eigenvalue weighted by atomic mass is 16.3. The van der Waals surface area contributed by atoms with Crippen molar-refractivity contribution in [3.63, 3.8) is 0 Å². The molecule has 3 aliphatic rings. The van der Waals surface area contributed by atoms with E-state index in [1.807, 2.05) is 6.08 Å². The summed E-state index contributed by atoms with van der Waals surface area (Å²) in [6.45, 7) is 2.15. The molecule has 1 N–H and O–H groups in total. The van der Waals surface area contributed by atoms with Crippen molar-refractivity contribution in [3.8, 4) is 0 Å². The number of carbonyl (C=O) groups is 1. The second-order valence-corrected chi connectivity index (χ2v) is 6.91. The van der Waals surface area contributed by atoms with E-state index in [0.29, 0.717) is 12.3 Å². The van der Waals surface area contributed by atoms with Crippen LogP contribution in [0, 0.1) is 11.8 Å². The lowest BCUT2D eigenvalue weighted by atomic mass is 9.59. The van der Waals surface area contributed by atoms with E-state index in [1.54, 1.807) is 0 Å². The fraction of sp³-hybridized carbons (Fsp3) is 0.812. The maximum absolute atomic E-state index is 12.0. The first-order valence-corrected chi connectivity index (χ1v) is 7.59. The van der Waals surface area contributed by atoms with Gasteiger partial charge in [-0.2, -0.15) is 0 Å². The summed E-state index contributed by atoms with van der Waals surface area (Å²) in [5.41, 5.74) is 0.551. The van der Waals surface area contributed by atoms with Crippen LogP contribution in [0.1, 0.15) is 45.4 Å². The molecule has 0 spiro atoms. The lowest BCUT2D eigenvalue weighted by Gasteiger charge is -2.53. The Kier molecular flexibility index (Phi) is 2.92. The van der Waals surface area contributed by atoms with E-state index < -0.39 is 5.60 Å². The molecule has 0 aliphatic heterocycles. The van der Waals surface area contributed by atoms with Crippen molar-refractivity contribution in [2.24, 2.45) is 11.8 Å². The average Bonchev–Trinajstić information content (AvgIpc) is 2.85. The third-order valence-electron chi connectivity index (χ3n) is 5.98. The van der Waals surface area contributed by atoms with Gasteiger partial charge in [0.1, 0.15) is 0 Å². The van der Waals surface area contributed by atoms with Gasteiger partial charge in [0.2, 0.25) is 0 Å². The zero-order valence-electron chi connectivity index (χ0n) is 12.3. The normalized spacial score (nSPS) is 45.3. The average molecular weight is 263 g/mol. The van der Waals surface area contributed by atoms with E-state index in [1.165, 1.54) is 5.57 Å². The van der Waals surface area contributed by atoms with Gasteiger partial charge in [-0.25, -0.2) is 0 Å². The van der Waals surface area contributed by atoms with Gasteiger partial charge >= 0.3 is 0 Å². The van der Waals surface area contributed by atoms with E-state index >= 15 is 0 Å². The third-order valence-corrected chi connectivity index (χ3v) is 5.98. The third kappa shape index (κ3) is 1.61. The number of likely N-dealkylation sites (N-methyl/N-ethyl adjacent to an activating group) is 1. The Morgan fingerprint density at radius 2 is 2.21 bits per heavy atom. The van der Waals surface area contributed by atoms with Gasteiger partial charge in [-0.3, -0.25) is 9.69 Å². The molecule has 0 aromatic carbocycles. The standard InChI is InChI=1S/C16H25NO2/c1-4-13-14-8-12(18)10-15(14,17(2)3)9-11-6-5-7-16(11,13)19/h8,11,13,19H,4-7,9-10H2,1-3H3. The second kappa shape index (κ2) is 4.16. The molecule has 3 heteroatoms. The Bertz CT molecular complexity index is 442. The van der Waals surface area contributed by atoms with Crippen LogP contribution in [-0.4, -0.2) is 41.0 Å². The summed E-state index contributed by atoms with van der Waals surface area (Å²) in [6.07, 6.45) is 7.49. The molecule has 0 amide bonds. The van der Waals surface area contributed by atoms with Crippen LogP contribution < -0.4 is 0 Å². The van der Waals surface area contributed by atoms with Crippen molar-refractivity contribution in [2.45, 2.75) is 56.6 Å². The zero-order valence-corrected chi connectivity index (χ0v) is 12.3. The van der Waals surface area contributed by atoms with Gasteiger partial charge in [0.05, 0.1) is 5.60 Å². The lowest BCUT2D eigenvalue weighted by Crippen LogP contribution is -2.58. The highest BCUT2D eigenvalue weighted by Crippen LogP contribution is 2.58. The number of ketones is 1. The molecule has 0 bridgehead atoms. The Morgan fingerprint density at radius 3 is 2.84 bits per heavy atom. The molecular weight excluding hydrogens is 238 g/mol. The van der Waals surface area contributed by atoms with Crippen molar-refractivity contribution in [1.29, 1.82) is 0 Å². The first kappa shape index (κ1) is 13.3. The number of aliphatic hydroxyl groups is 1. The highest BCUT2D eigenvalue weighted by Gasteiger charge is 2.60. The van der Waals surface area contributed by atoms with Crippen molar-refractivity contribution in [3.05, 3.63) is 11.6 Å². The predicted octanol–water partition coefficient (Wildman–Crippen LogP) is 2.15. The SMILES string of the molecule is CCC1C2=CC(=O)CC2(N(C)C)CC2CCCC21O. The fourth-order valence-corrected chi connectivity index (χ4v) is 5.04. The number of hydrogen-bond acceptors (Lipinski definition) is 3. The number of nitrogens with zero attached hydrogens (tertiary/aromatic N) is 1. The van der Waals surface area contributed by atoms with Crippen LogP contribution in [0.4, 0.5) is 0 Å². The Labute approximate surface area is 115 Å². The molecule has 3 nitrogen and oxygen atoms in total. The van der Waals surface area contributed by atoms with Crippen LogP contribution in [0.15, 0.2) is 11.6 Å². The monoisotopic (exact) mass is 263 g/mol. The summed E-state index contributed by atoms with van der Waals surface area (Å²) in [6, 6.07) is 0. The smallest absolute Gasteiger partial charge is 0.157 e. The topological polar surface area (TPSA) is 40.5 Å². The highest BCUT2D eigenvalue weighted by molar-refractivity contribution is 5.95. The first-order chi connectivity index (χ1) is 8.94. The maximum atomic E-state index is 12.0. The lowest BCUT2D eigenvalue weighted by molar-refractivity contribution is -0.117. The molecule has 4 atom stereocenters. The van der Waals surface area contributed by atoms with E-state index in [9.17, 15) is 9.90 Å². The zero-order chi connectivity index (χ0) is 13.8. The Balaban J connectivity index is 2.10. The van der Waals surface area contributed by atoms with Gasteiger partial charge in [-0.05, 0) is 57.3 Å². The molecule has 106 valence electrons. The maximum Gasteiger partial charge on any atom is 0.157 e. The molecule has 0 aromatic rings. The molecule has 0 radical (unpaired) electrons. The summed E-state index contributed by atoms with van der Waals surface area (Å²) in [5, 5.41) is 11.1. The summed E-state index contributed by atoms with van der Waals surface area (Å²) in [7, 11) is 4.16. The number of rotatable bonds is 2. The molecule has 2 fully saturated rings. The number of fused-ring (bicyclic) bond motifs is 2. The minimum atomic E-state index is -0.551. The molecule has 19 heavy (non-hydrogen) atoms. The minimum absolute atomic E-state index is 0.112. The van der Waals surface area contributed by atoms with Gasteiger partial charge in [0.15, 0.2) is 5.78 Å². The first-order valence-electron chi connectivity index (χ1n) is 7.59. The van der Waals surface area contributed by atoms with Crippen molar-refractivity contribution < 1.29 is 9.90 Å². The van der Waals surface area contributed by atoms with Gasteiger partial charge in [-0.1, -0.05) is 13.3 Å². The molecule has 4 unspecified atom stereocenters. The van der Waals surface area contributed by atoms with E-state index in [4.69, 9.17) is 0 Å². The minimum Gasteiger partial charge on any atom is -0.389 e. The summed E-state index contributed by atoms with van der Waals surface area (Å²) in [4.78, 5) is 14.2. The van der Waals surface area contributed by atoms with Gasteiger partial charge in [-0.15, -0.1) is 0 Å². The van der Waals surface area contributed by atoms with E-state index in [2.05, 4.69) is 25.9 Å². The van der Waals surface area contributed by atoms with Crippen LogP contribution in [0.25, 0.3) is 0 Å². The summed E-state index contributed by atoms with van der Waals surface area (Å²) < 4.78 is 0. The Hall–Kier alpha value is -0.670. The molecule has 3 rings (SSSR count). The second-order valence-electron chi connectivity index (χ2n) is 6.91. The largest absolute Gasteiger partial charge is 0.389 e. The number of carbonyl (C=O) groups excluding carboxylic acids is 1.